The van der Waals surface area contributed by atoms with Crippen molar-refractivity contribution in [1.29, 1.82) is 5.26 Å². The van der Waals surface area contributed by atoms with E-state index in [1.807, 2.05) is 26.0 Å². The molecule has 0 amide bonds. The lowest BCUT2D eigenvalue weighted by atomic mass is 10.1. The molecule has 0 atom stereocenters. The van der Waals surface area contributed by atoms with E-state index in [1.165, 1.54) is 0 Å². The number of hydrogen-bond donors (Lipinski definition) is 1. The summed E-state index contributed by atoms with van der Waals surface area (Å²) in [5.41, 5.74) is 0.381. The highest BCUT2D eigenvalue weighted by atomic mass is 35.5. The number of hydrogen-bond acceptors (Lipinski definition) is 3. The Balaban J connectivity index is 2.81. The summed E-state index contributed by atoms with van der Waals surface area (Å²) in [4.78, 5) is 0. The number of halogens is 1. The number of nitrogens with one attached hydrogen (secondary N) is 1. The van der Waals surface area contributed by atoms with Gasteiger partial charge in [0.05, 0.1) is 13.2 Å². The van der Waals surface area contributed by atoms with E-state index in [4.69, 9.17) is 21.6 Å². The molecule has 1 aromatic rings. The van der Waals surface area contributed by atoms with Crippen LogP contribution in [0.1, 0.15) is 19.4 Å². The lowest BCUT2D eigenvalue weighted by Gasteiger charge is -2.18. The standard InChI is InChI=1S/C12H15ClN2O/c1-12(2,8-14)15-7-9-6-10(13)4-5-11(9)16-3/h4-6,15H,7H2,1-3H3. The molecular formula is C12H15ClN2O. The Hall–Kier alpha value is -1.24. The Labute approximate surface area is 101 Å². The molecule has 4 heteroatoms. The van der Waals surface area contributed by atoms with E-state index in [1.54, 1.807) is 13.2 Å². The van der Waals surface area contributed by atoms with Crippen LogP contribution in [0.5, 0.6) is 5.75 Å². The molecule has 0 heterocycles. The van der Waals surface area contributed by atoms with Gasteiger partial charge in [0.25, 0.3) is 0 Å². The maximum Gasteiger partial charge on any atom is 0.123 e. The second kappa shape index (κ2) is 5.20. The van der Waals surface area contributed by atoms with E-state index in [-0.39, 0.29) is 0 Å². The average molecular weight is 239 g/mol. The van der Waals surface area contributed by atoms with Gasteiger partial charge in [-0.2, -0.15) is 5.26 Å². The van der Waals surface area contributed by atoms with Gasteiger partial charge >= 0.3 is 0 Å². The van der Waals surface area contributed by atoms with Crippen molar-refractivity contribution in [3.63, 3.8) is 0 Å². The summed E-state index contributed by atoms with van der Waals surface area (Å²) >= 11 is 5.91. The molecule has 0 radical (unpaired) electrons. The molecule has 0 unspecified atom stereocenters. The molecule has 0 aromatic heterocycles. The third-order valence-corrected chi connectivity index (χ3v) is 2.48. The van der Waals surface area contributed by atoms with Crippen LogP contribution in [0.25, 0.3) is 0 Å². The van der Waals surface area contributed by atoms with Gasteiger partial charge in [-0.15, -0.1) is 0 Å². The molecule has 1 N–H and O–H groups in total. The van der Waals surface area contributed by atoms with Crippen LogP contribution in [0.2, 0.25) is 5.02 Å². The predicted molar refractivity (Wildman–Crippen MR) is 64.5 cm³/mol. The minimum Gasteiger partial charge on any atom is -0.496 e. The second-order valence-corrected chi connectivity index (χ2v) is 4.48. The van der Waals surface area contributed by atoms with Gasteiger partial charge in [-0.1, -0.05) is 11.6 Å². The third kappa shape index (κ3) is 3.41. The molecule has 0 aliphatic heterocycles. The van der Waals surface area contributed by atoms with Crippen LogP contribution in [-0.4, -0.2) is 12.6 Å². The predicted octanol–water partition coefficient (Wildman–Crippen LogP) is 2.74. The molecular weight excluding hydrogens is 224 g/mol. The van der Waals surface area contributed by atoms with Gasteiger partial charge in [-0.05, 0) is 32.0 Å². The van der Waals surface area contributed by atoms with E-state index < -0.39 is 5.54 Å². The van der Waals surface area contributed by atoms with Crippen molar-refractivity contribution < 1.29 is 4.74 Å². The maximum atomic E-state index is 8.88. The van der Waals surface area contributed by atoms with Gasteiger partial charge < -0.3 is 4.74 Å². The number of methoxy groups -OCH3 is 1. The number of nitriles is 1. The normalized spacial score (nSPS) is 10.9. The molecule has 0 spiro atoms. The van der Waals surface area contributed by atoms with Crippen LogP contribution in [0.4, 0.5) is 0 Å². The van der Waals surface area contributed by atoms with Crippen LogP contribution < -0.4 is 10.1 Å². The molecule has 0 saturated carbocycles. The quantitative estimate of drug-likeness (QED) is 0.877. The molecule has 1 rings (SSSR count). The van der Waals surface area contributed by atoms with E-state index in [2.05, 4.69) is 11.4 Å². The van der Waals surface area contributed by atoms with Crippen LogP contribution >= 0.6 is 11.6 Å². The summed E-state index contributed by atoms with van der Waals surface area (Å²) in [6.07, 6.45) is 0. The lowest BCUT2D eigenvalue weighted by molar-refractivity contribution is 0.402. The highest BCUT2D eigenvalue weighted by Gasteiger charge is 2.16. The molecule has 0 saturated heterocycles. The van der Waals surface area contributed by atoms with Gasteiger partial charge in [0.15, 0.2) is 0 Å². The number of ether oxygens (including phenoxy) is 1. The minimum atomic E-state index is -0.562. The van der Waals surface area contributed by atoms with Crippen LogP contribution in [0, 0.1) is 11.3 Å². The number of nitrogens with zero attached hydrogens (tertiary/aromatic N) is 1. The van der Waals surface area contributed by atoms with Gasteiger partial charge in [-0.25, -0.2) is 0 Å². The SMILES string of the molecule is COc1ccc(Cl)cc1CNC(C)(C)C#N. The molecule has 3 nitrogen and oxygen atoms in total. The summed E-state index contributed by atoms with van der Waals surface area (Å²) in [7, 11) is 1.61. The monoisotopic (exact) mass is 238 g/mol. The molecule has 0 fully saturated rings. The maximum absolute atomic E-state index is 8.88. The molecule has 86 valence electrons. The lowest BCUT2D eigenvalue weighted by Crippen LogP contribution is -2.36. The third-order valence-electron chi connectivity index (χ3n) is 2.24. The van der Waals surface area contributed by atoms with Crippen molar-refractivity contribution in [3.05, 3.63) is 28.8 Å². The Morgan fingerprint density at radius 1 is 1.50 bits per heavy atom. The van der Waals surface area contributed by atoms with Gasteiger partial charge in [-0.3, -0.25) is 5.32 Å². The summed E-state index contributed by atoms with van der Waals surface area (Å²) in [5.74, 6) is 0.769. The minimum absolute atomic E-state index is 0.546. The zero-order chi connectivity index (χ0) is 12.2. The first-order valence-electron chi connectivity index (χ1n) is 4.97. The van der Waals surface area contributed by atoms with Gasteiger partial charge in [0.1, 0.15) is 11.3 Å². The summed E-state index contributed by atoms with van der Waals surface area (Å²) < 4.78 is 5.22. The first-order valence-corrected chi connectivity index (χ1v) is 5.35. The zero-order valence-corrected chi connectivity index (χ0v) is 10.4. The van der Waals surface area contributed by atoms with Crippen molar-refractivity contribution >= 4 is 11.6 Å². The first kappa shape index (κ1) is 12.8. The summed E-state index contributed by atoms with van der Waals surface area (Å²) in [6.45, 7) is 4.19. The molecule has 0 aliphatic rings. The van der Waals surface area contributed by atoms with E-state index in [0.29, 0.717) is 11.6 Å². The van der Waals surface area contributed by atoms with Crippen LogP contribution in [0.15, 0.2) is 18.2 Å². The van der Waals surface area contributed by atoms with E-state index in [0.717, 1.165) is 11.3 Å². The number of rotatable bonds is 4. The van der Waals surface area contributed by atoms with Crippen molar-refractivity contribution in [2.45, 2.75) is 25.9 Å². The fourth-order valence-corrected chi connectivity index (χ4v) is 1.44. The second-order valence-electron chi connectivity index (χ2n) is 4.05. The van der Waals surface area contributed by atoms with Crippen LogP contribution in [0.3, 0.4) is 0 Å². The fraction of sp³-hybridized carbons (Fsp3) is 0.417. The molecule has 0 bridgehead atoms. The number of benzene rings is 1. The highest BCUT2D eigenvalue weighted by molar-refractivity contribution is 6.30. The Kier molecular flexibility index (Phi) is 4.17. The molecule has 16 heavy (non-hydrogen) atoms. The summed E-state index contributed by atoms with van der Waals surface area (Å²) in [6, 6.07) is 7.61. The first-order chi connectivity index (χ1) is 7.48. The van der Waals surface area contributed by atoms with Crippen molar-refractivity contribution in [2.75, 3.05) is 7.11 Å². The van der Waals surface area contributed by atoms with E-state index >= 15 is 0 Å². The van der Waals surface area contributed by atoms with Crippen LogP contribution in [-0.2, 0) is 6.54 Å². The Morgan fingerprint density at radius 2 is 2.19 bits per heavy atom. The van der Waals surface area contributed by atoms with Crippen molar-refractivity contribution in [2.24, 2.45) is 0 Å². The van der Waals surface area contributed by atoms with Gasteiger partial charge in [0, 0.05) is 17.1 Å². The Bertz CT molecular complexity index is 410. The average Bonchev–Trinajstić information content (AvgIpc) is 2.27. The zero-order valence-electron chi connectivity index (χ0n) is 9.67. The summed E-state index contributed by atoms with van der Waals surface area (Å²) in [5, 5.41) is 12.7. The fourth-order valence-electron chi connectivity index (χ4n) is 1.24. The topological polar surface area (TPSA) is 45.0 Å². The highest BCUT2D eigenvalue weighted by Crippen LogP contribution is 2.22. The van der Waals surface area contributed by atoms with E-state index in [9.17, 15) is 0 Å². The molecule has 1 aromatic carbocycles. The smallest absolute Gasteiger partial charge is 0.123 e. The largest absolute Gasteiger partial charge is 0.496 e. The molecule has 0 aliphatic carbocycles. The van der Waals surface area contributed by atoms with Crippen molar-refractivity contribution in [1.82, 2.24) is 5.32 Å². The Morgan fingerprint density at radius 3 is 2.75 bits per heavy atom. The van der Waals surface area contributed by atoms with Crippen molar-refractivity contribution in [3.8, 4) is 11.8 Å². The van der Waals surface area contributed by atoms with Gasteiger partial charge in [0.2, 0.25) is 0 Å².